The Morgan fingerprint density at radius 2 is 1.95 bits per heavy atom. The Morgan fingerprint density at radius 1 is 1.09 bits per heavy atom. The number of hydrogen-bond donors (Lipinski definition) is 2. The summed E-state index contributed by atoms with van der Waals surface area (Å²) in [6.45, 7) is 3.99. The van der Waals surface area contributed by atoms with E-state index in [0.717, 1.165) is 18.8 Å². The summed E-state index contributed by atoms with van der Waals surface area (Å²) in [5.74, 6) is -0.724. The zero-order chi connectivity index (χ0) is 29.9. The molecule has 4 aromatic rings. The first-order valence-corrected chi connectivity index (χ1v) is 14.6. The van der Waals surface area contributed by atoms with Crippen molar-refractivity contribution in [2.75, 3.05) is 23.4 Å². The summed E-state index contributed by atoms with van der Waals surface area (Å²) in [5.41, 5.74) is 2.66. The van der Waals surface area contributed by atoms with Crippen molar-refractivity contribution < 1.29 is 23.5 Å². The van der Waals surface area contributed by atoms with Gasteiger partial charge in [0.2, 0.25) is 12.0 Å². The minimum absolute atomic E-state index is 0.00534. The second-order valence-electron chi connectivity index (χ2n) is 11.3. The van der Waals surface area contributed by atoms with Crippen LogP contribution in [0.25, 0.3) is 11.3 Å². The second-order valence-corrected chi connectivity index (χ2v) is 11.3. The van der Waals surface area contributed by atoms with Gasteiger partial charge in [-0.1, -0.05) is 42.5 Å². The number of fused-ring (bicyclic) bond motifs is 3. The Morgan fingerprint density at radius 3 is 2.68 bits per heavy atom. The summed E-state index contributed by atoms with van der Waals surface area (Å²) in [7, 11) is 0. The van der Waals surface area contributed by atoms with E-state index in [9.17, 15) is 14.0 Å². The lowest BCUT2D eigenvalue weighted by molar-refractivity contribution is -0.117. The van der Waals surface area contributed by atoms with Crippen LogP contribution in [-0.2, 0) is 16.1 Å². The Bertz CT molecular complexity index is 1820. The Balaban J connectivity index is 1.16. The van der Waals surface area contributed by atoms with Gasteiger partial charge in [-0.3, -0.25) is 9.59 Å². The summed E-state index contributed by atoms with van der Waals surface area (Å²) in [4.78, 5) is 39.0. The summed E-state index contributed by atoms with van der Waals surface area (Å²) in [6, 6.07) is 17.8. The molecule has 8 rings (SSSR count). The largest absolute Gasteiger partial charge is 0.474 e. The number of aromatic nitrogens is 3. The van der Waals surface area contributed by atoms with Gasteiger partial charge in [-0.2, -0.15) is 5.10 Å². The molecule has 2 amide bonds. The van der Waals surface area contributed by atoms with Crippen molar-refractivity contribution in [3.05, 3.63) is 89.4 Å². The number of carbonyl (C=O) groups excluding carboxylic acids is 2. The van der Waals surface area contributed by atoms with Crippen LogP contribution in [0.15, 0.2) is 71.9 Å². The Hall–Kier alpha value is -5.10. The fraction of sp³-hybridized carbons (Fsp3) is 0.281. The summed E-state index contributed by atoms with van der Waals surface area (Å²) in [5, 5.41) is 10.1. The van der Waals surface area contributed by atoms with Gasteiger partial charge >= 0.3 is 0 Å². The number of morpholine rings is 1. The maximum Gasteiger partial charge on any atom is 0.269 e. The molecule has 4 aliphatic rings. The van der Waals surface area contributed by atoms with E-state index in [2.05, 4.69) is 25.5 Å². The fourth-order valence-electron chi connectivity index (χ4n) is 6.03. The number of aliphatic imine (C=N–C) groups is 1. The van der Waals surface area contributed by atoms with Crippen LogP contribution in [0.4, 0.5) is 15.9 Å². The topological polar surface area (TPSA) is 123 Å². The van der Waals surface area contributed by atoms with Gasteiger partial charge in [-0.05, 0) is 25.1 Å². The van der Waals surface area contributed by atoms with E-state index in [1.807, 2.05) is 49.4 Å². The fourth-order valence-corrected chi connectivity index (χ4v) is 6.03. The number of pyridine rings is 1. The highest BCUT2D eigenvalue weighted by Gasteiger charge is 2.47. The smallest absolute Gasteiger partial charge is 0.269 e. The van der Waals surface area contributed by atoms with Gasteiger partial charge in [0, 0.05) is 42.4 Å². The third-order valence-electron chi connectivity index (χ3n) is 8.53. The monoisotopic (exact) mass is 593 g/mol. The van der Waals surface area contributed by atoms with Crippen molar-refractivity contribution in [2.24, 2.45) is 4.99 Å². The average molecular weight is 594 g/mol. The molecule has 0 aliphatic carbocycles. The van der Waals surface area contributed by atoms with Crippen molar-refractivity contribution in [3.63, 3.8) is 0 Å². The third kappa shape index (κ3) is 4.32. The van der Waals surface area contributed by atoms with Crippen LogP contribution in [0.3, 0.4) is 0 Å². The molecule has 6 heterocycles. The van der Waals surface area contributed by atoms with E-state index in [1.54, 1.807) is 23.0 Å². The van der Waals surface area contributed by atoms with Crippen molar-refractivity contribution in [3.8, 4) is 17.1 Å². The maximum absolute atomic E-state index is 14.9. The van der Waals surface area contributed by atoms with Crippen LogP contribution in [0.5, 0.6) is 5.88 Å². The van der Waals surface area contributed by atoms with Crippen LogP contribution >= 0.6 is 0 Å². The number of para-hydroxylation sites is 1. The normalized spacial score (nSPS) is 23.4. The van der Waals surface area contributed by atoms with Crippen LogP contribution in [0.2, 0.25) is 0 Å². The van der Waals surface area contributed by atoms with E-state index in [4.69, 9.17) is 14.6 Å². The number of benzene rings is 2. The molecule has 2 aromatic heterocycles. The van der Waals surface area contributed by atoms with Crippen molar-refractivity contribution in [1.29, 1.82) is 0 Å². The maximum atomic E-state index is 14.9. The number of benzodiazepines with no additional fused rings is 1. The Kier molecular flexibility index (Phi) is 6.19. The molecule has 222 valence electrons. The number of nitrogens with zero attached hydrogens (tertiary/aromatic N) is 5. The number of aryl methyl sites for hydroxylation is 1. The van der Waals surface area contributed by atoms with Crippen molar-refractivity contribution >= 4 is 29.0 Å². The lowest BCUT2D eigenvalue weighted by atomic mass is 9.95. The molecule has 11 nitrogen and oxygen atoms in total. The third-order valence-corrected chi connectivity index (χ3v) is 8.53. The molecule has 2 aromatic carbocycles. The number of nitrogens with one attached hydrogen (secondary N) is 2. The summed E-state index contributed by atoms with van der Waals surface area (Å²) >= 11 is 0. The van der Waals surface area contributed by atoms with Crippen molar-refractivity contribution in [2.45, 2.75) is 44.3 Å². The number of rotatable bonds is 5. The van der Waals surface area contributed by atoms with Gasteiger partial charge < -0.3 is 25.0 Å². The molecule has 0 radical (unpaired) electrons. The van der Waals surface area contributed by atoms with Gasteiger partial charge in [0.15, 0.2) is 0 Å². The zero-order valence-corrected chi connectivity index (χ0v) is 23.7. The standard InChI is InChI=1S/C32H28FN7O4/c1-17-12-13-40-32(44-17)25(27(38-40)19-10-11-24(34-14-19)39-15-23-22(39)16-43-23)30(41)37-29-31(42)36-28-20(8-5-9-21(28)33)26(35-29)18-6-3-2-4-7-18/h2-11,14,17,22-23,29H,12-13,15-16H2,1H3,(H,36,42)(H,37,41)/t17-,22?,23?,29-/m1/s1. The minimum Gasteiger partial charge on any atom is -0.474 e. The van der Waals surface area contributed by atoms with E-state index in [1.165, 1.54) is 6.07 Å². The van der Waals surface area contributed by atoms with E-state index in [-0.39, 0.29) is 23.5 Å². The molecule has 4 aliphatic heterocycles. The van der Waals surface area contributed by atoms with E-state index >= 15 is 0 Å². The quantitative estimate of drug-likeness (QED) is 0.364. The van der Waals surface area contributed by atoms with Crippen LogP contribution in [0.1, 0.15) is 34.8 Å². The second kappa shape index (κ2) is 10.3. The highest BCUT2D eigenvalue weighted by molar-refractivity contribution is 6.20. The molecule has 0 spiro atoms. The molecule has 4 atom stereocenters. The molecule has 0 bridgehead atoms. The highest BCUT2D eigenvalue weighted by Crippen LogP contribution is 2.37. The number of amides is 2. The molecule has 2 fully saturated rings. The lowest BCUT2D eigenvalue weighted by Crippen LogP contribution is -2.71. The van der Waals surface area contributed by atoms with Gasteiger partial charge in [0.1, 0.15) is 22.9 Å². The number of hydrogen-bond acceptors (Lipinski definition) is 8. The molecular weight excluding hydrogens is 565 g/mol. The highest BCUT2D eigenvalue weighted by atomic mass is 19.1. The van der Waals surface area contributed by atoms with Crippen molar-refractivity contribution in [1.82, 2.24) is 20.1 Å². The van der Waals surface area contributed by atoms with Gasteiger partial charge in [0.05, 0.1) is 36.3 Å². The first kappa shape index (κ1) is 26.5. The summed E-state index contributed by atoms with van der Waals surface area (Å²) < 4.78 is 28.2. The van der Waals surface area contributed by atoms with Gasteiger partial charge in [-0.25, -0.2) is 19.0 Å². The number of ether oxygens (including phenoxy) is 2. The Labute approximate surface area is 251 Å². The van der Waals surface area contributed by atoms with Gasteiger partial charge in [0.25, 0.3) is 11.8 Å². The van der Waals surface area contributed by atoms with Crippen LogP contribution < -0.4 is 20.3 Å². The molecule has 2 unspecified atom stereocenters. The first-order chi connectivity index (χ1) is 21.4. The molecule has 2 saturated heterocycles. The lowest BCUT2D eigenvalue weighted by Gasteiger charge is -2.55. The molecule has 0 saturated carbocycles. The number of halogens is 1. The van der Waals surface area contributed by atoms with E-state index in [0.29, 0.717) is 53.2 Å². The molecule has 12 heteroatoms. The van der Waals surface area contributed by atoms with E-state index < -0.39 is 23.8 Å². The SMILES string of the molecule is C[C@@H]1CCn2nc(-c3ccc(N4CC5OCC54)nc3)c(C(=O)N[C@H]3N=C(c4ccccc4)c4cccc(F)c4NC3=O)c2O1. The molecule has 44 heavy (non-hydrogen) atoms. The van der Waals surface area contributed by atoms with Crippen LogP contribution in [-0.4, -0.2) is 69.9 Å². The summed E-state index contributed by atoms with van der Waals surface area (Å²) in [6.07, 6.45) is 1.20. The minimum atomic E-state index is -1.36. The molecular formula is C32H28FN7O4. The van der Waals surface area contributed by atoms with Gasteiger partial charge in [-0.15, -0.1) is 0 Å². The van der Waals surface area contributed by atoms with Crippen LogP contribution in [0, 0.1) is 5.82 Å². The average Bonchev–Trinajstić information content (AvgIpc) is 3.34. The number of anilines is 2. The first-order valence-electron chi connectivity index (χ1n) is 14.6. The number of carbonyl (C=O) groups is 2. The molecule has 2 N–H and O–H groups in total. The predicted octanol–water partition coefficient (Wildman–Crippen LogP) is 3.39. The predicted molar refractivity (Wildman–Crippen MR) is 159 cm³/mol. The zero-order valence-electron chi connectivity index (χ0n) is 23.7.